The van der Waals surface area contributed by atoms with Gasteiger partial charge in [-0.05, 0) is 51.0 Å². The maximum Gasteiger partial charge on any atom is 0.405 e. The number of allylic oxidation sites excluding steroid dienone is 1. The molecule has 6 heteroatoms. The molecule has 120 valence electrons. The van der Waals surface area contributed by atoms with E-state index in [2.05, 4.69) is 25.0 Å². The largest absolute Gasteiger partial charge is 0.546 e. The fraction of sp³-hybridized carbons (Fsp3) is 0.438. The zero-order valence-corrected chi connectivity index (χ0v) is 14.9. The fourth-order valence-corrected chi connectivity index (χ4v) is 4.02. The van der Waals surface area contributed by atoms with Gasteiger partial charge in [0.05, 0.1) is 0 Å². The summed E-state index contributed by atoms with van der Waals surface area (Å²) in [5.74, 6) is 0.688. The van der Waals surface area contributed by atoms with Gasteiger partial charge >= 0.3 is 6.09 Å². The number of hydrogen-bond donors (Lipinski definition) is 2. The minimum absolute atomic E-state index is 0.545. The number of amides is 1. The zero-order chi connectivity index (χ0) is 16.4. The average molecular weight is 340 g/mol. The Bertz CT molecular complexity index is 597. The van der Waals surface area contributed by atoms with Crippen molar-refractivity contribution in [3.8, 4) is 0 Å². The first-order valence-corrected chi connectivity index (χ1v) is 11.2. The van der Waals surface area contributed by atoms with E-state index >= 15 is 0 Å². The Hall–Kier alpha value is -1.46. The van der Waals surface area contributed by atoms with Crippen LogP contribution < -0.4 is 5.32 Å². The minimum Gasteiger partial charge on any atom is -0.546 e. The van der Waals surface area contributed by atoms with Gasteiger partial charge in [0.25, 0.3) is 0 Å². The van der Waals surface area contributed by atoms with Gasteiger partial charge < -0.3 is 14.8 Å². The number of rotatable bonds is 4. The monoisotopic (exact) mass is 339 g/mol. The van der Waals surface area contributed by atoms with Crippen LogP contribution in [0.25, 0.3) is 0 Å². The van der Waals surface area contributed by atoms with E-state index in [9.17, 15) is 9.90 Å². The average Bonchev–Trinajstić information content (AvgIpc) is 2.39. The molecule has 1 aliphatic rings. The molecule has 4 nitrogen and oxygen atoms in total. The molecule has 0 bridgehead atoms. The van der Waals surface area contributed by atoms with Crippen molar-refractivity contribution in [3.63, 3.8) is 0 Å². The van der Waals surface area contributed by atoms with Gasteiger partial charge in [-0.2, -0.15) is 0 Å². The van der Waals surface area contributed by atoms with Gasteiger partial charge in [0, 0.05) is 10.6 Å². The summed E-state index contributed by atoms with van der Waals surface area (Å²) in [6, 6.07) is 7.35. The van der Waals surface area contributed by atoms with E-state index in [1.54, 1.807) is 6.07 Å². The Labute approximate surface area is 137 Å². The number of nitrogens with one attached hydrogen (secondary N) is 1. The first-order valence-electron chi connectivity index (χ1n) is 7.40. The van der Waals surface area contributed by atoms with Crippen LogP contribution in [0.2, 0.25) is 24.7 Å². The highest BCUT2D eigenvalue weighted by Gasteiger charge is 2.43. The summed E-state index contributed by atoms with van der Waals surface area (Å²) in [6.07, 6.45) is 3.32. The van der Waals surface area contributed by atoms with Crippen LogP contribution in [0.1, 0.15) is 24.8 Å². The van der Waals surface area contributed by atoms with Gasteiger partial charge in [0.2, 0.25) is 8.32 Å². The Morgan fingerprint density at radius 2 is 2.05 bits per heavy atom. The van der Waals surface area contributed by atoms with E-state index in [-0.39, 0.29) is 0 Å². The second-order valence-corrected chi connectivity index (χ2v) is 11.3. The van der Waals surface area contributed by atoms with E-state index in [0.29, 0.717) is 17.2 Å². The lowest BCUT2D eigenvalue weighted by Gasteiger charge is -2.41. The van der Waals surface area contributed by atoms with Crippen molar-refractivity contribution in [3.05, 3.63) is 46.7 Å². The fourth-order valence-electron chi connectivity index (χ4n) is 2.81. The first kappa shape index (κ1) is 16.9. The summed E-state index contributed by atoms with van der Waals surface area (Å²) >= 11 is 6.36. The first-order chi connectivity index (χ1) is 10.2. The highest BCUT2D eigenvalue weighted by Crippen LogP contribution is 2.42. The third-order valence-corrected chi connectivity index (χ3v) is 4.74. The molecule has 1 aliphatic carbocycles. The van der Waals surface area contributed by atoms with Crippen LogP contribution in [0.5, 0.6) is 0 Å². The summed E-state index contributed by atoms with van der Waals surface area (Å²) < 4.78 is 6.22. The normalized spacial score (nSPS) is 21.9. The molecule has 2 N–H and O–H groups in total. The van der Waals surface area contributed by atoms with Crippen molar-refractivity contribution in [2.45, 2.75) is 44.4 Å². The Morgan fingerprint density at radius 1 is 1.36 bits per heavy atom. The van der Waals surface area contributed by atoms with Crippen LogP contribution >= 0.6 is 11.6 Å². The molecule has 1 aromatic rings. The number of benzene rings is 1. The lowest BCUT2D eigenvalue weighted by Crippen LogP contribution is -2.50. The van der Waals surface area contributed by atoms with E-state index in [0.717, 1.165) is 18.4 Å². The quantitative estimate of drug-likeness (QED) is 0.780. The predicted octanol–water partition coefficient (Wildman–Crippen LogP) is 4.72. The third-order valence-electron chi connectivity index (χ3n) is 3.58. The highest BCUT2D eigenvalue weighted by molar-refractivity contribution is 6.70. The summed E-state index contributed by atoms with van der Waals surface area (Å²) in [7, 11) is -1.88. The van der Waals surface area contributed by atoms with Gasteiger partial charge in [-0.1, -0.05) is 29.8 Å². The maximum atomic E-state index is 11.4. The third kappa shape index (κ3) is 3.65. The number of carboxylic acid groups (broad SMARTS) is 1. The molecule has 0 saturated carbocycles. The van der Waals surface area contributed by atoms with Crippen LogP contribution in [0, 0.1) is 0 Å². The molecule has 0 fully saturated rings. The lowest BCUT2D eigenvalue weighted by molar-refractivity contribution is 0.164. The predicted molar refractivity (Wildman–Crippen MR) is 90.7 cm³/mol. The molecule has 1 aromatic carbocycles. The minimum atomic E-state index is -1.88. The highest BCUT2D eigenvalue weighted by atomic mass is 35.5. The van der Waals surface area contributed by atoms with Crippen LogP contribution in [-0.4, -0.2) is 19.5 Å². The van der Waals surface area contributed by atoms with Crippen LogP contribution in [0.15, 0.2) is 36.1 Å². The molecule has 0 radical (unpaired) electrons. The van der Waals surface area contributed by atoms with E-state index < -0.39 is 19.9 Å². The molecular weight excluding hydrogens is 318 g/mol. The Kier molecular flexibility index (Phi) is 4.87. The maximum absolute atomic E-state index is 11.4. The molecule has 1 unspecified atom stereocenters. The van der Waals surface area contributed by atoms with E-state index in [1.807, 2.05) is 24.3 Å². The molecule has 0 aliphatic heterocycles. The topological polar surface area (TPSA) is 58.6 Å². The second kappa shape index (κ2) is 6.34. The van der Waals surface area contributed by atoms with Crippen LogP contribution in [-0.2, 0) is 9.96 Å². The summed E-state index contributed by atoms with van der Waals surface area (Å²) in [5.41, 5.74) is -0.147. The van der Waals surface area contributed by atoms with Gasteiger partial charge in [-0.3, -0.25) is 0 Å². The SMILES string of the molecule is C[Si](C)(C)OC1=CCCCC1(NC(=O)O)c1ccccc1Cl. The van der Waals surface area contributed by atoms with Crippen molar-refractivity contribution in [1.82, 2.24) is 5.32 Å². The van der Waals surface area contributed by atoms with Gasteiger partial charge in [0.1, 0.15) is 11.3 Å². The van der Waals surface area contributed by atoms with Crippen molar-refractivity contribution < 1.29 is 14.3 Å². The molecule has 1 amide bonds. The number of hydrogen-bond acceptors (Lipinski definition) is 2. The molecule has 22 heavy (non-hydrogen) atoms. The van der Waals surface area contributed by atoms with E-state index in [1.165, 1.54) is 0 Å². The number of carbonyl (C=O) groups is 1. The Morgan fingerprint density at radius 3 is 2.64 bits per heavy atom. The molecule has 0 aromatic heterocycles. The smallest absolute Gasteiger partial charge is 0.405 e. The Balaban J connectivity index is 2.57. The van der Waals surface area contributed by atoms with Crippen LogP contribution in [0.4, 0.5) is 4.79 Å². The van der Waals surface area contributed by atoms with Gasteiger partial charge in [-0.25, -0.2) is 4.79 Å². The van der Waals surface area contributed by atoms with Gasteiger partial charge in [-0.15, -0.1) is 0 Å². The number of halogens is 1. The molecule has 0 heterocycles. The van der Waals surface area contributed by atoms with E-state index in [4.69, 9.17) is 16.0 Å². The molecule has 0 saturated heterocycles. The molecule has 0 spiro atoms. The molecular formula is C16H22ClNO3Si. The zero-order valence-electron chi connectivity index (χ0n) is 13.1. The van der Waals surface area contributed by atoms with Crippen molar-refractivity contribution in [1.29, 1.82) is 0 Å². The summed E-state index contributed by atoms with van der Waals surface area (Å²) in [5, 5.41) is 12.6. The lowest BCUT2D eigenvalue weighted by atomic mass is 9.79. The summed E-state index contributed by atoms with van der Waals surface area (Å²) in [6.45, 7) is 6.25. The van der Waals surface area contributed by atoms with Gasteiger partial charge in [0.15, 0.2) is 0 Å². The molecule has 1 atom stereocenters. The second-order valence-electron chi connectivity index (χ2n) is 6.49. The van der Waals surface area contributed by atoms with Crippen LogP contribution in [0.3, 0.4) is 0 Å². The standard InChI is InChI=1S/C16H22ClNO3Si/c1-22(2,3)21-14-10-6-7-11-16(14,18-15(19)20)12-8-4-5-9-13(12)17/h4-5,8-10,18H,6-7,11H2,1-3H3,(H,19,20). The van der Waals surface area contributed by atoms with Crippen molar-refractivity contribution in [2.75, 3.05) is 0 Å². The van der Waals surface area contributed by atoms with Crippen molar-refractivity contribution >= 4 is 26.0 Å². The molecule has 2 rings (SSSR count). The van der Waals surface area contributed by atoms with Crippen molar-refractivity contribution in [2.24, 2.45) is 0 Å². The summed E-state index contributed by atoms with van der Waals surface area (Å²) in [4.78, 5) is 11.4.